The Balaban J connectivity index is 2.30. The normalized spacial score (nSPS) is 33.0. The van der Waals surface area contributed by atoms with Crippen LogP contribution in [0.1, 0.15) is 26.2 Å². The molecule has 0 aromatic heterocycles. The zero-order chi connectivity index (χ0) is 8.27. The average Bonchev–Trinajstić information content (AvgIpc) is 2.32. The predicted octanol–water partition coefficient (Wildman–Crippen LogP) is 1.62. The lowest BCUT2D eigenvalue weighted by molar-refractivity contribution is 0.0515. The van der Waals surface area contributed by atoms with Crippen molar-refractivity contribution in [1.29, 1.82) is 0 Å². The summed E-state index contributed by atoms with van der Waals surface area (Å²) >= 11 is 5.63. The van der Waals surface area contributed by atoms with Gasteiger partial charge in [-0.15, -0.1) is 11.6 Å². The fourth-order valence-electron chi connectivity index (χ4n) is 1.72. The second kappa shape index (κ2) is 4.29. The fraction of sp³-hybridized carbons (Fsp3) is 1.00. The van der Waals surface area contributed by atoms with Gasteiger partial charge in [-0.2, -0.15) is 0 Å². The van der Waals surface area contributed by atoms with Crippen LogP contribution in [0.15, 0.2) is 0 Å². The van der Waals surface area contributed by atoms with Gasteiger partial charge in [-0.1, -0.05) is 13.3 Å². The van der Waals surface area contributed by atoms with E-state index in [1.807, 2.05) is 4.90 Å². The van der Waals surface area contributed by atoms with Gasteiger partial charge < -0.3 is 5.11 Å². The molecule has 0 aliphatic carbocycles. The second-order valence-corrected chi connectivity index (χ2v) is 3.50. The third-order valence-corrected chi connectivity index (χ3v) is 2.62. The molecule has 1 heterocycles. The maximum atomic E-state index is 9.43. The largest absolute Gasteiger partial charge is 0.378 e. The molecule has 0 spiro atoms. The van der Waals surface area contributed by atoms with Gasteiger partial charge in [-0.3, -0.25) is 4.90 Å². The molecule has 1 aliphatic rings. The van der Waals surface area contributed by atoms with Crippen molar-refractivity contribution in [3.63, 3.8) is 0 Å². The van der Waals surface area contributed by atoms with E-state index in [0.717, 1.165) is 13.0 Å². The Morgan fingerprint density at radius 2 is 2.36 bits per heavy atom. The van der Waals surface area contributed by atoms with E-state index in [2.05, 4.69) is 6.92 Å². The van der Waals surface area contributed by atoms with Gasteiger partial charge in [0.1, 0.15) is 6.23 Å². The Hall–Kier alpha value is 0.210. The van der Waals surface area contributed by atoms with Crippen LogP contribution in [-0.4, -0.2) is 28.8 Å². The molecule has 11 heavy (non-hydrogen) atoms. The zero-order valence-corrected chi connectivity index (χ0v) is 7.72. The highest BCUT2D eigenvalue weighted by atomic mass is 35.5. The summed E-state index contributed by atoms with van der Waals surface area (Å²) in [5, 5.41) is 9.43. The number of hydrogen-bond acceptors (Lipinski definition) is 2. The van der Waals surface area contributed by atoms with E-state index in [4.69, 9.17) is 11.6 Å². The highest BCUT2D eigenvalue weighted by molar-refractivity contribution is 6.17. The number of halogens is 1. The number of rotatable bonds is 3. The average molecular weight is 178 g/mol. The highest BCUT2D eigenvalue weighted by Crippen LogP contribution is 2.25. The Bertz CT molecular complexity index is 121. The van der Waals surface area contributed by atoms with Crippen LogP contribution < -0.4 is 0 Å². The van der Waals surface area contributed by atoms with E-state index < -0.39 is 0 Å². The summed E-state index contributed by atoms with van der Waals surface area (Å²) in [7, 11) is 0. The first-order chi connectivity index (χ1) is 5.27. The molecule has 0 radical (unpaired) electrons. The fourth-order valence-corrected chi connectivity index (χ4v) is 1.98. The van der Waals surface area contributed by atoms with Crippen molar-refractivity contribution in [2.24, 2.45) is 5.92 Å². The molecule has 1 rings (SSSR count). The van der Waals surface area contributed by atoms with Gasteiger partial charge in [-0.25, -0.2) is 0 Å². The van der Waals surface area contributed by atoms with Crippen molar-refractivity contribution in [1.82, 2.24) is 4.90 Å². The molecular weight excluding hydrogens is 162 g/mol. The Kier molecular flexibility index (Phi) is 3.63. The van der Waals surface area contributed by atoms with Gasteiger partial charge in [0, 0.05) is 6.54 Å². The van der Waals surface area contributed by atoms with Crippen molar-refractivity contribution in [3.8, 4) is 0 Å². The summed E-state index contributed by atoms with van der Waals surface area (Å²) in [6, 6.07) is 0.460. The van der Waals surface area contributed by atoms with Crippen LogP contribution in [0.25, 0.3) is 0 Å². The SMILES string of the molecule is CCCC1CC(O)N(CCl)C1. The van der Waals surface area contributed by atoms with Crippen molar-refractivity contribution in [2.75, 3.05) is 12.5 Å². The Labute approximate surface area is 73.1 Å². The topological polar surface area (TPSA) is 23.5 Å². The molecule has 66 valence electrons. The first kappa shape index (κ1) is 9.30. The van der Waals surface area contributed by atoms with Gasteiger partial charge >= 0.3 is 0 Å². The van der Waals surface area contributed by atoms with Gasteiger partial charge in [0.25, 0.3) is 0 Å². The van der Waals surface area contributed by atoms with E-state index >= 15 is 0 Å². The lowest BCUT2D eigenvalue weighted by atomic mass is 10.0. The van der Waals surface area contributed by atoms with Crippen LogP contribution in [0.3, 0.4) is 0 Å². The van der Waals surface area contributed by atoms with Gasteiger partial charge in [0.05, 0.1) is 6.00 Å². The second-order valence-electron chi connectivity index (χ2n) is 3.26. The molecular formula is C8H16ClNO. The minimum absolute atomic E-state index is 0.288. The van der Waals surface area contributed by atoms with E-state index in [-0.39, 0.29) is 6.23 Å². The molecule has 0 aromatic rings. The predicted molar refractivity (Wildman–Crippen MR) is 46.4 cm³/mol. The number of aliphatic hydroxyl groups is 1. The summed E-state index contributed by atoms with van der Waals surface area (Å²) in [6.45, 7) is 3.15. The van der Waals surface area contributed by atoms with E-state index in [1.165, 1.54) is 12.8 Å². The quantitative estimate of drug-likeness (QED) is 0.523. The molecule has 0 amide bonds. The number of aliphatic hydroxyl groups excluding tert-OH is 1. The van der Waals surface area contributed by atoms with E-state index in [0.29, 0.717) is 11.9 Å². The number of nitrogens with zero attached hydrogens (tertiary/aromatic N) is 1. The molecule has 2 unspecified atom stereocenters. The summed E-state index contributed by atoms with van der Waals surface area (Å²) in [4.78, 5) is 1.92. The van der Waals surface area contributed by atoms with E-state index in [9.17, 15) is 5.11 Å². The Morgan fingerprint density at radius 1 is 1.64 bits per heavy atom. The third kappa shape index (κ3) is 2.32. The van der Waals surface area contributed by atoms with Crippen LogP contribution in [0, 0.1) is 5.92 Å². The minimum atomic E-state index is -0.288. The lowest BCUT2D eigenvalue weighted by Crippen LogP contribution is -2.27. The first-order valence-electron chi connectivity index (χ1n) is 4.26. The van der Waals surface area contributed by atoms with Crippen molar-refractivity contribution < 1.29 is 5.11 Å². The van der Waals surface area contributed by atoms with Gasteiger partial charge in [0.15, 0.2) is 0 Å². The van der Waals surface area contributed by atoms with Crippen molar-refractivity contribution >= 4 is 11.6 Å². The smallest absolute Gasteiger partial charge is 0.108 e. The maximum absolute atomic E-state index is 9.43. The van der Waals surface area contributed by atoms with Crippen LogP contribution in [0.5, 0.6) is 0 Å². The number of hydrogen-bond donors (Lipinski definition) is 1. The number of likely N-dealkylation sites (tertiary alicyclic amines) is 1. The highest BCUT2D eigenvalue weighted by Gasteiger charge is 2.28. The van der Waals surface area contributed by atoms with Crippen molar-refractivity contribution in [3.05, 3.63) is 0 Å². The number of alkyl halides is 1. The summed E-state index contributed by atoms with van der Waals surface area (Å²) in [5.41, 5.74) is 0. The third-order valence-electron chi connectivity index (χ3n) is 2.31. The van der Waals surface area contributed by atoms with Gasteiger partial charge in [-0.05, 0) is 18.8 Å². The molecule has 2 atom stereocenters. The molecule has 1 fully saturated rings. The maximum Gasteiger partial charge on any atom is 0.108 e. The first-order valence-corrected chi connectivity index (χ1v) is 4.79. The van der Waals surface area contributed by atoms with Crippen LogP contribution in [0.2, 0.25) is 0 Å². The Morgan fingerprint density at radius 3 is 2.82 bits per heavy atom. The molecule has 1 N–H and O–H groups in total. The summed E-state index contributed by atoms with van der Waals surface area (Å²) < 4.78 is 0. The zero-order valence-electron chi connectivity index (χ0n) is 6.96. The molecule has 1 saturated heterocycles. The molecule has 3 heteroatoms. The summed E-state index contributed by atoms with van der Waals surface area (Å²) in [6.07, 6.45) is 3.03. The lowest BCUT2D eigenvalue weighted by Gasteiger charge is -2.15. The van der Waals surface area contributed by atoms with Crippen molar-refractivity contribution in [2.45, 2.75) is 32.4 Å². The molecule has 2 nitrogen and oxygen atoms in total. The molecule has 0 bridgehead atoms. The monoisotopic (exact) mass is 177 g/mol. The van der Waals surface area contributed by atoms with Gasteiger partial charge in [0.2, 0.25) is 0 Å². The molecule has 1 aliphatic heterocycles. The van der Waals surface area contributed by atoms with Crippen LogP contribution >= 0.6 is 11.6 Å². The summed E-state index contributed by atoms with van der Waals surface area (Å²) in [5.74, 6) is 0.661. The van der Waals surface area contributed by atoms with Crippen LogP contribution in [-0.2, 0) is 0 Å². The molecule has 0 saturated carbocycles. The van der Waals surface area contributed by atoms with E-state index in [1.54, 1.807) is 0 Å². The standard InChI is InChI=1S/C8H16ClNO/c1-2-3-7-4-8(11)10(5-7)6-9/h7-8,11H,2-6H2,1H3. The minimum Gasteiger partial charge on any atom is -0.378 e. The molecule has 0 aromatic carbocycles. The van der Waals surface area contributed by atoms with Crippen LogP contribution in [0.4, 0.5) is 0 Å².